The summed E-state index contributed by atoms with van der Waals surface area (Å²) in [4.78, 5) is 24.4. The Hall–Kier alpha value is -3.39. The third kappa shape index (κ3) is 3.86. The highest BCUT2D eigenvalue weighted by molar-refractivity contribution is 7.91. The van der Waals surface area contributed by atoms with E-state index in [1.54, 1.807) is 6.07 Å². The number of amides is 1. The summed E-state index contributed by atoms with van der Waals surface area (Å²) in [7, 11) is -3.83. The van der Waals surface area contributed by atoms with Crippen LogP contribution < -0.4 is 11.1 Å². The lowest BCUT2D eigenvalue weighted by atomic mass is 10.0. The normalized spacial score (nSPS) is 11.8. The van der Waals surface area contributed by atoms with Gasteiger partial charge in [-0.05, 0) is 36.9 Å². The second-order valence-electron chi connectivity index (χ2n) is 7.27. The molecule has 0 bridgehead atoms. The van der Waals surface area contributed by atoms with Crippen LogP contribution in [0.2, 0.25) is 0 Å². The summed E-state index contributed by atoms with van der Waals surface area (Å²) >= 11 is 0. The highest BCUT2D eigenvalue weighted by atomic mass is 32.2. The molecular weight excluding hydrogens is 404 g/mol. The van der Waals surface area contributed by atoms with Crippen LogP contribution in [0, 0.1) is 13.8 Å². The Bertz CT molecular complexity index is 1430. The van der Waals surface area contributed by atoms with Gasteiger partial charge in [0.2, 0.25) is 0 Å². The van der Waals surface area contributed by atoms with Crippen LogP contribution in [0.5, 0.6) is 0 Å². The van der Waals surface area contributed by atoms with E-state index in [1.807, 2.05) is 56.3 Å². The van der Waals surface area contributed by atoms with Gasteiger partial charge in [-0.2, -0.15) is 0 Å². The van der Waals surface area contributed by atoms with E-state index in [4.69, 9.17) is 4.42 Å². The predicted molar refractivity (Wildman–Crippen MR) is 116 cm³/mol. The van der Waals surface area contributed by atoms with Crippen LogP contribution in [0.15, 0.2) is 63.8 Å². The van der Waals surface area contributed by atoms with Gasteiger partial charge in [-0.25, -0.2) is 13.2 Å². The highest BCUT2D eigenvalue weighted by Gasteiger charge is 2.21. The number of hydrogen-bond donors (Lipinski definition) is 1. The Morgan fingerprint density at radius 1 is 1.00 bits per heavy atom. The van der Waals surface area contributed by atoms with E-state index in [0.717, 1.165) is 22.2 Å². The third-order valence-corrected chi connectivity index (χ3v) is 6.41. The first kappa shape index (κ1) is 19.9. The lowest BCUT2D eigenvalue weighted by molar-refractivity contribution is -0.114. The zero-order valence-corrected chi connectivity index (χ0v) is 17.3. The summed E-state index contributed by atoms with van der Waals surface area (Å²) in [5.41, 5.74) is 4.19. The fraction of sp³-hybridized carbons (Fsp3) is 0.182. The molecule has 0 spiro atoms. The maximum atomic E-state index is 12.7. The van der Waals surface area contributed by atoms with Crippen molar-refractivity contribution in [1.29, 1.82) is 0 Å². The molecule has 0 radical (unpaired) electrons. The maximum Gasteiger partial charge on any atom is 0.336 e. The summed E-state index contributed by atoms with van der Waals surface area (Å²) < 4.78 is 32.4. The fourth-order valence-corrected chi connectivity index (χ4v) is 4.84. The van der Waals surface area contributed by atoms with Crippen LogP contribution in [0.4, 0.5) is 0 Å². The molecule has 2 aromatic heterocycles. The molecule has 0 aliphatic heterocycles. The van der Waals surface area contributed by atoms with E-state index in [-0.39, 0.29) is 0 Å². The Balaban J connectivity index is 1.65. The van der Waals surface area contributed by atoms with Crippen LogP contribution in [0.3, 0.4) is 0 Å². The lowest BCUT2D eigenvalue weighted by Crippen LogP contribution is -2.31. The number of fused-ring (bicyclic) bond motifs is 3. The SMILES string of the molecule is Cc1ccc(C)n1NC(=O)CS(=O)(=O)Cc1cc(=O)oc2c1ccc1ccccc12. The minimum atomic E-state index is -3.83. The van der Waals surface area contributed by atoms with Crippen molar-refractivity contribution in [1.82, 2.24) is 4.68 Å². The third-order valence-electron chi connectivity index (χ3n) is 4.95. The van der Waals surface area contributed by atoms with Crippen LogP contribution in [0.25, 0.3) is 21.7 Å². The van der Waals surface area contributed by atoms with Crippen molar-refractivity contribution in [2.75, 3.05) is 11.2 Å². The summed E-state index contributed by atoms with van der Waals surface area (Å²) in [5, 5.41) is 2.14. The van der Waals surface area contributed by atoms with Crippen molar-refractivity contribution in [2.24, 2.45) is 0 Å². The molecule has 1 amide bonds. The first-order valence-electron chi connectivity index (χ1n) is 9.33. The minimum Gasteiger partial charge on any atom is -0.422 e. The first-order valence-corrected chi connectivity index (χ1v) is 11.2. The molecule has 8 heteroatoms. The van der Waals surface area contributed by atoms with Crippen molar-refractivity contribution >= 4 is 37.5 Å². The molecule has 0 aliphatic carbocycles. The average molecular weight is 424 g/mol. The second kappa shape index (κ2) is 7.46. The van der Waals surface area contributed by atoms with Crippen LogP contribution in [-0.2, 0) is 20.4 Å². The number of sulfone groups is 1. The minimum absolute atomic E-state index is 0.313. The molecule has 7 nitrogen and oxygen atoms in total. The molecule has 0 aliphatic rings. The predicted octanol–water partition coefficient (Wildman–Crippen LogP) is 3.05. The number of rotatable bonds is 5. The molecule has 2 heterocycles. The smallest absolute Gasteiger partial charge is 0.336 e. The zero-order chi connectivity index (χ0) is 21.5. The number of carbonyl (C=O) groups excluding carboxylic acids is 1. The molecule has 1 N–H and O–H groups in total. The molecule has 0 atom stereocenters. The molecule has 0 saturated heterocycles. The monoisotopic (exact) mass is 424 g/mol. The van der Waals surface area contributed by atoms with Gasteiger partial charge < -0.3 is 4.42 Å². The molecule has 154 valence electrons. The van der Waals surface area contributed by atoms with Gasteiger partial charge in [0.05, 0.1) is 5.75 Å². The molecule has 0 fully saturated rings. The van der Waals surface area contributed by atoms with Gasteiger partial charge in [-0.15, -0.1) is 0 Å². The number of nitrogens with one attached hydrogen (secondary N) is 1. The Labute approximate surface area is 172 Å². The number of hydrogen-bond acceptors (Lipinski definition) is 5. The highest BCUT2D eigenvalue weighted by Crippen LogP contribution is 2.27. The van der Waals surface area contributed by atoms with Gasteiger partial charge in [0.1, 0.15) is 11.3 Å². The van der Waals surface area contributed by atoms with Gasteiger partial charge in [0, 0.05) is 28.2 Å². The van der Waals surface area contributed by atoms with Crippen LogP contribution in [0.1, 0.15) is 17.0 Å². The fourth-order valence-electron chi connectivity index (χ4n) is 3.56. The Morgan fingerprint density at radius 3 is 2.43 bits per heavy atom. The summed E-state index contributed by atoms with van der Waals surface area (Å²) in [6, 6.07) is 15.8. The summed E-state index contributed by atoms with van der Waals surface area (Å²) in [6.45, 7) is 3.61. The number of nitrogens with zero attached hydrogens (tertiary/aromatic N) is 1. The Morgan fingerprint density at radius 2 is 1.70 bits per heavy atom. The van der Waals surface area contributed by atoms with Crippen molar-refractivity contribution in [3.05, 3.63) is 82.0 Å². The second-order valence-corrected chi connectivity index (χ2v) is 9.34. The average Bonchev–Trinajstić information content (AvgIpc) is 2.99. The van der Waals surface area contributed by atoms with Gasteiger partial charge in [-0.1, -0.05) is 36.4 Å². The lowest BCUT2D eigenvalue weighted by Gasteiger charge is -2.12. The molecule has 0 unspecified atom stereocenters. The number of aryl methyl sites for hydroxylation is 2. The van der Waals surface area contributed by atoms with E-state index in [0.29, 0.717) is 16.5 Å². The van der Waals surface area contributed by atoms with Gasteiger partial charge in [0.25, 0.3) is 5.91 Å². The zero-order valence-electron chi connectivity index (χ0n) is 16.5. The molecule has 4 rings (SSSR count). The molecule has 30 heavy (non-hydrogen) atoms. The Kier molecular flexibility index (Phi) is 4.95. The number of benzene rings is 2. The number of carbonyl (C=O) groups is 1. The summed E-state index contributed by atoms with van der Waals surface area (Å²) in [6.07, 6.45) is 0. The van der Waals surface area contributed by atoms with Gasteiger partial charge in [-0.3, -0.25) is 14.9 Å². The van der Waals surface area contributed by atoms with Crippen molar-refractivity contribution in [3.8, 4) is 0 Å². The summed E-state index contributed by atoms with van der Waals surface area (Å²) in [5.74, 6) is -1.78. The van der Waals surface area contributed by atoms with Crippen molar-refractivity contribution < 1.29 is 17.6 Å². The molecular formula is C22H20N2O5S. The van der Waals surface area contributed by atoms with Crippen molar-refractivity contribution in [3.63, 3.8) is 0 Å². The number of aromatic nitrogens is 1. The quantitative estimate of drug-likeness (QED) is 0.392. The van der Waals surface area contributed by atoms with E-state index in [2.05, 4.69) is 5.43 Å². The standard InChI is InChI=1S/C22H20N2O5S/c1-14-7-8-15(2)24(14)23-20(25)13-30(27,28)12-17-11-21(26)29-22-18-6-4-3-5-16(18)9-10-19(17)22/h3-11H,12-13H2,1-2H3,(H,23,25). The van der Waals surface area contributed by atoms with Crippen molar-refractivity contribution in [2.45, 2.75) is 19.6 Å². The van der Waals surface area contributed by atoms with Crippen LogP contribution >= 0.6 is 0 Å². The van der Waals surface area contributed by atoms with E-state index in [1.165, 1.54) is 10.7 Å². The largest absolute Gasteiger partial charge is 0.422 e. The maximum absolute atomic E-state index is 12.7. The van der Waals surface area contributed by atoms with Gasteiger partial charge >= 0.3 is 5.63 Å². The molecule has 4 aromatic rings. The molecule has 2 aromatic carbocycles. The van der Waals surface area contributed by atoms with E-state index in [9.17, 15) is 18.0 Å². The topological polar surface area (TPSA) is 98.4 Å². The van der Waals surface area contributed by atoms with E-state index >= 15 is 0 Å². The molecule has 0 saturated carbocycles. The first-order chi connectivity index (χ1) is 14.2. The van der Waals surface area contributed by atoms with Crippen LogP contribution in [-0.4, -0.2) is 24.8 Å². The van der Waals surface area contributed by atoms with E-state index < -0.39 is 32.9 Å². The van der Waals surface area contributed by atoms with Gasteiger partial charge in [0.15, 0.2) is 9.84 Å².